The second-order valence-electron chi connectivity index (χ2n) is 6.89. The molecule has 2 heterocycles. The van der Waals surface area contributed by atoms with Crippen molar-refractivity contribution in [1.29, 1.82) is 0 Å². The SMILES string of the molecule is COCCCNC(=O)N1CCCC1c1nc(CCOc2cccc(C)c2)no1. The number of hydrogen-bond acceptors (Lipinski definition) is 6. The molecule has 1 N–H and O–H groups in total. The minimum absolute atomic E-state index is 0.0962. The zero-order valence-electron chi connectivity index (χ0n) is 16.5. The smallest absolute Gasteiger partial charge is 0.318 e. The summed E-state index contributed by atoms with van der Waals surface area (Å²) in [4.78, 5) is 18.7. The number of ether oxygens (including phenoxy) is 2. The van der Waals surface area contributed by atoms with Crippen LogP contribution < -0.4 is 10.1 Å². The van der Waals surface area contributed by atoms with Crippen LogP contribution >= 0.6 is 0 Å². The fourth-order valence-electron chi connectivity index (χ4n) is 3.25. The van der Waals surface area contributed by atoms with Gasteiger partial charge in [0.1, 0.15) is 11.8 Å². The first-order valence-corrected chi connectivity index (χ1v) is 9.72. The molecule has 1 aliphatic rings. The zero-order chi connectivity index (χ0) is 19.8. The molecule has 3 rings (SSSR count). The average Bonchev–Trinajstić information content (AvgIpc) is 3.34. The third kappa shape index (κ3) is 5.45. The summed E-state index contributed by atoms with van der Waals surface area (Å²) in [6.07, 6.45) is 3.08. The van der Waals surface area contributed by atoms with E-state index in [1.165, 1.54) is 0 Å². The van der Waals surface area contributed by atoms with E-state index < -0.39 is 0 Å². The van der Waals surface area contributed by atoms with Gasteiger partial charge in [0.25, 0.3) is 0 Å². The van der Waals surface area contributed by atoms with Gasteiger partial charge in [-0.25, -0.2) is 4.79 Å². The van der Waals surface area contributed by atoms with Gasteiger partial charge < -0.3 is 24.2 Å². The molecule has 8 heteroatoms. The predicted molar refractivity (Wildman–Crippen MR) is 103 cm³/mol. The zero-order valence-corrected chi connectivity index (χ0v) is 16.5. The van der Waals surface area contributed by atoms with E-state index in [0.29, 0.717) is 44.4 Å². The molecule has 0 aliphatic carbocycles. The van der Waals surface area contributed by atoms with Crippen molar-refractivity contribution in [3.8, 4) is 5.75 Å². The topological polar surface area (TPSA) is 89.7 Å². The number of nitrogens with one attached hydrogen (secondary N) is 1. The average molecular weight is 388 g/mol. The number of benzene rings is 1. The van der Waals surface area contributed by atoms with Crippen molar-refractivity contribution in [3.63, 3.8) is 0 Å². The van der Waals surface area contributed by atoms with Crippen LogP contribution in [0.3, 0.4) is 0 Å². The Balaban J connectivity index is 1.50. The molecule has 1 saturated heterocycles. The summed E-state index contributed by atoms with van der Waals surface area (Å²) in [5.74, 6) is 1.92. The molecule has 1 aromatic heterocycles. The molecule has 2 amide bonds. The van der Waals surface area contributed by atoms with Gasteiger partial charge in [-0.15, -0.1) is 0 Å². The lowest BCUT2D eigenvalue weighted by Crippen LogP contribution is -2.40. The Kier molecular flexibility index (Phi) is 7.25. The third-order valence-electron chi connectivity index (χ3n) is 4.67. The first-order chi connectivity index (χ1) is 13.7. The van der Waals surface area contributed by atoms with E-state index in [4.69, 9.17) is 14.0 Å². The molecule has 1 aromatic carbocycles. The summed E-state index contributed by atoms with van der Waals surface area (Å²) >= 11 is 0. The molecule has 0 radical (unpaired) electrons. The highest BCUT2D eigenvalue weighted by atomic mass is 16.5. The number of aryl methyl sites for hydroxylation is 1. The number of likely N-dealkylation sites (tertiary alicyclic amines) is 1. The van der Waals surface area contributed by atoms with Gasteiger partial charge in [-0.05, 0) is 43.9 Å². The molecule has 28 heavy (non-hydrogen) atoms. The van der Waals surface area contributed by atoms with E-state index in [1.54, 1.807) is 12.0 Å². The van der Waals surface area contributed by atoms with Crippen LogP contribution in [-0.4, -0.2) is 54.5 Å². The maximum Gasteiger partial charge on any atom is 0.318 e. The van der Waals surface area contributed by atoms with Crippen molar-refractivity contribution in [3.05, 3.63) is 41.5 Å². The fourth-order valence-corrected chi connectivity index (χ4v) is 3.25. The van der Waals surface area contributed by atoms with Crippen LogP contribution in [-0.2, 0) is 11.2 Å². The van der Waals surface area contributed by atoms with E-state index in [2.05, 4.69) is 15.5 Å². The number of hydrogen-bond donors (Lipinski definition) is 1. The van der Waals surface area contributed by atoms with E-state index in [1.807, 2.05) is 31.2 Å². The molecular formula is C20H28N4O4. The van der Waals surface area contributed by atoms with Gasteiger partial charge >= 0.3 is 6.03 Å². The minimum atomic E-state index is -0.165. The summed E-state index contributed by atoms with van der Waals surface area (Å²) in [7, 11) is 1.65. The van der Waals surface area contributed by atoms with Gasteiger partial charge in [0.2, 0.25) is 5.89 Å². The predicted octanol–water partition coefficient (Wildman–Crippen LogP) is 2.88. The van der Waals surface area contributed by atoms with Gasteiger partial charge in [0.15, 0.2) is 5.82 Å². The second-order valence-corrected chi connectivity index (χ2v) is 6.89. The van der Waals surface area contributed by atoms with Crippen molar-refractivity contribution in [2.45, 2.75) is 38.6 Å². The molecule has 1 aliphatic heterocycles. The molecule has 0 saturated carbocycles. The van der Waals surface area contributed by atoms with Gasteiger partial charge in [0.05, 0.1) is 6.61 Å². The Morgan fingerprint density at radius 2 is 2.29 bits per heavy atom. The number of aromatic nitrogens is 2. The summed E-state index contributed by atoms with van der Waals surface area (Å²) in [6.45, 7) is 4.40. The van der Waals surface area contributed by atoms with Crippen LogP contribution in [0.15, 0.2) is 28.8 Å². The summed E-state index contributed by atoms with van der Waals surface area (Å²) in [5, 5.41) is 6.97. The van der Waals surface area contributed by atoms with Gasteiger partial charge in [-0.2, -0.15) is 4.98 Å². The Bertz CT molecular complexity index is 764. The Morgan fingerprint density at radius 1 is 1.39 bits per heavy atom. The molecule has 1 fully saturated rings. The Morgan fingerprint density at radius 3 is 3.11 bits per heavy atom. The molecule has 152 valence electrons. The number of carbonyl (C=O) groups is 1. The highest BCUT2D eigenvalue weighted by Gasteiger charge is 2.33. The lowest BCUT2D eigenvalue weighted by Gasteiger charge is -2.22. The molecule has 1 unspecified atom stereocenters. The van der Waals surface area contributed by atoms with Crippen molar-refractivity contribution >= 4 is 6.03 Å². The summed E-state index contributed by atoms with van der Waals surface area (Å²) < 4.78 is 16.2. The van der Waals surface area contributed by atoms with Crippen molar-refractivity contribution in [1.82, 2.24) is 20.4 Å². The summed E-state index contributed by atoms with van der Waals surface area (Å²) in [5.41, 5.74) is 1.15. The lowest BCUT2D eigenvalue weighted by atomic mass is 10.2. The molecular weight excluding hydrogens is 360 g/mol. The highest BCUT2D eigenvalue weighted by Crippen LogP contribution is 2.30. The van der Waals surface area contributed by atoms with Gasteiger partial charge in [-0.1, -0.05) is 17.3 Å². The molecule has 0 bridgehead atoms. The molecule has 1 atom stereocenters. The normalized spacial score (nSPS) is 16.4. The molecule has 8 nitrogen and oxygen atoms in total. The quantitative estimate of drug-likeness (QED) is 0.665. The van der Waals surface area contributed by atoms with Crippen LogP contribution in [0.1, 0.15) is 42.6 Å². The van der Waals surface area contributed by atoms with Gasteiger partial charge in [0, 0.05) is 33.2 Å². The van der Waals surface area contributed by atoms with Crippen LogP contribution in [0.4, 0.5) is 4.79 Å². The van der Waals surface area contributed by atoms with E-state index in [9.17, 15) is 4.79 Å². The maximum atomic E-state index is 12.4. The highest BCUT2D eigenvalue weighted by molar-refractivity contribution is 5.74. The Labute approximate surface area is 165 Å². The van der Waals surface area contributed by atoms with Crippen LogP contribution in [0.25, 0.3) is 0 Å². The standard InChI is InChI=1S/C20H28N4O4/c1-15-6-3-7-16(14-15)27-13-9-18-22-19(28-23-18)17-8-4-11-24(17)20(25)21-10-5-12-26-2/h3,6-7,14,17H,4-5,8-13H2,1-2H3,(H,21,25). The monoisotopic (exact) mass is 388 g/mol. The van der Waals surface area contributed by atoms with Crippen LogP contribution in [0, 0.1) is 6.92 Å². The third-order valence-corrected chi connectivity index (χ3v) is 4.67. The first-order valence-electron chi connectivity index (χ1n) is 9.72. The minimum Gasteiger partial charge on any atom is -0.493 e. The second kappa shape index (κ2) is 10.1. The van der Waals surface area contributed by atoms with E-state index in [0.717, 1.165) is 30.6 Å². The number of amides is 2. The largest absolute Gasteiger partial charge is 0.493 e. The number of urea groups is 1. The van der Waals surface area contributed by atoms with Gasteiger partial charge in [-0.3, -0.25) is 0 Å². The number of rotatable bonds is 9. The maximum absolute atomic E-state index is 12.4. The van der Waals surface area contributed by atoms with E-state index >= 15 is 0 Å². The number of carbonyl (C=O) groups excluding carboxylic acids is 1. The number of nitrogens with zero attached hydrogens (tertiary/aromatic N) is 3. The van der Waals surface area contributed by atoms with Crippen LogP contribution in [0.5, 0.6) is 5.75 Å². The van der Waals surface area contributed by atoms with Crippen molar-refractivity contribution in [2.75, 3.05) is 33.4 Å². The van der Waals surface area contributed by atoms with Crippen molar-refractivity contribution < 1.29 is 18.8 Å². The van der Waals surface area contributed by atoms with E-state index in [-0.39, 0.29) is 12.1 Å². The van der Waals surface area contributed by atoms with Crippen LogP contribution in [0.2, 0.25) is 0 Å². The fraction of sp³-hybridized carbons (Fsp3) is 0.550. The lowest BCUT2D eigenvalue weighted by molar-refractivity contribution is 0.174. The van der Waals surface area contributed by atoms with Crippen molar-refractivity contribution in [2.24, 2.45) is 0 Å². The molecule has 2 aromatic rings. The summed E-state index contributed by atoms with van der Waals surface area (Å²) in [6, 6.07) is 7.65. The Hall–Kier alpha value is -2.61. The number of methoxy groups -OCH3 is 1. The first kappa shape index (κ1) is 20.1. The molecule has 0 spiro atoms.